The van der Waals surface area contributed by atoms with E-state index in [1.165, 1.54) is 62.7 Å². The largest absolute Gasteiger partial charge is 0.243 e. The van der Waals surface area contributed by atoms with Gasteiger partial charge in [-0.25, -0.2) is 13.1 Å². The highest BCUT2D eigenvalue weighted by molar-refractivity contribution is 7.89. The molecule has 0 aromatic heterocycles. The summed E-state index contributed by atoms with van der Waals surface area (Å²) in [5, 5.41) is 2.94. The zero-order valence-corrected chi connectivity index (χ0v) is 25.6. The first-order valence-electron chi connectivity index (χ1n) is 15.6. The molecule has 1 aromatic rings. The molecule has 6 heteroatoms. The van der Waals surface area contributed by atoms with Crippen molar-refractivity contribution in [2.45, 2.75) is 116 Å². The molecule has 39 heavy (non-hydrogen) atoms. The fourth-order valence-corrected chi connectivity index (χ4v) is 11.2. The molecule has 0 saturated heterocycles. The van der Waals surface area contributed by atoms with Crippen LogP contribution in [0.1, 0.15) is 105 Å². The normalized spacial score (nSPS) is 37.0. The third kappa shape index (κ3) is 5.29. The number of hydrogen-bond donors (Lipinski definition) is 1. The molecule has 4 aliphatic carbocycles. The van der Waals surface area contributed by atoms with Gasteiger partial charge in [0.15, 0.2) is 0 Å². The monoisotopic (exact) mass is 554 g/mol. The Morgan fingerprint density at radius 1 is 1.00 bits per heavy atom. The molecule has 0 radical (unpaired) electrons. The first-order chi connectivity index (χ1) is 18.5. The first kappa shape index (κ1) is 29.0. The number of nitrogens with one attached hydrogen (secondary N) is 1. The third-order valence-corrected chi connectivity index (χ3v) is 13.4. The molecule has 8 atom stereocenters. The molecule has 0 amide bonds. The Morgan fingerprint density at radius 3 is 2.51 bits per heavy atom. The van der Waals surface area contributed by atoms with Gasteiger partial charge in [-0.15, -0.1) is 4.91 Å². The van der Waals surface area contributed by atoms with Crippen molar-refractivity contribution in [2.24, 2.45) is 51.5 Å². The smallest absolute Gasteiger partial charge is 0.208 e. The van der Waals surface area contributed by atoms with E-state index in [0.717, 1.165) is 55.3 Å². The number of nitroso groups, excluding NO2 is 1. The van der Waals surface area contributed by atoms with Gasteiger partial charge in [-0.1, -0.05) is 77.7 Å². The molecule has 1 N–H and O–H groups in total. The van der Waals surface area contributed by atoms with E-state index >= 15 is 0 Å². The second-order valence-corrected chi connectivity index (χ2v) is 16.1. The van der Waals surface area contributed by atoms with E-state index in [2.05, 4.69) is 50.6 Å². The Hall–Kier alpha value is -1.53. The minimum atomic E-state index is -3.80. The van der Waals surface area contributed by atoms with Crippen LogP contribution in [0.2, 0.25) is 0 Å². The molecule has 3 saturated carbocycles. The van der Waals surface area contributed by atoms with Crippen LogP contribution < -0.4 is 4.72 Å². The maximum atomic E-state index is 13.2. The fraction of sp³-hybridized carbons (Fsp3) is 0.758. The summed E-state index contributed by atoms with van der Waals surface area (Å²) >= 11 is 0. The fourth-order valence-electron chi connectivity index (χ4n) is 9.83. The minimum Gasteiger partial charge on any atom is -0.208 e. The van der Waals surface area contributed by atoms with E-state index in [9.17, 15) is 13.3 Å². The highest BCUT2D eigenvalue weighted by atomic mass is 32.2. The van der Waals surface area contributed by atoms with Gasteiger partial charge in [0.1, 0.15) is 10.6 Å². The van der Waals surface area contributed by atoms with E-state index < -0.39 is 10.0 Å². The van der Waals surface area contributed by atoms with Gasteiger partial charge in [-0.3, -0.25) is 0 Å². The molecule has 0 heterocycles. The lowest BCUT2D eigenvalue weighted by molar-refractivity contribution is -0.0511. The first-order valence-corrected chi connectivity index (χ1v) is 17.1. The molecule has 0 bridgehead atoms. The maximum absolute atomic E-state index is 13.2. The van der Waals surface area contributed by atoms with Crippen molar-refractivity contribution in [3.05, 3.63) is 40.8 Å². The SMILES string of the molecule is CC(C)CCCC(C)[C@H]1CCC2C3CC=C4C[C@@H](NS(=O)(=O)c5ccccc5N=O)CC[C@]4(C)C3CC[C@@]21C. The van der Waals surface area contributed by atoms with Crippen molar-refractivity contribution in [2.75, 3.05) is 0 Å². The second kappa shape index (κ2) is 11.0. The summed E-state index contributed by atoms with van der Waals surface area (Å²) < 4.78 is 29.3. The summed E-state index contributed by atoms with van der Waals surface area (Å²) in [7, 11) is -3.80. The average molecular weight is 555 g/mol. The van der Waals surface area contributed by atoms with Gasteiger partial charge in [-0.05, 0) is 115 Å². The quantitative estimate of drug-likeness (QED) is 0.245. The lowest BCUT2D eigenvalue weighted by Crippen LogP contribution is -2.52. The standard InChI is InChI=1S/C33H50N2O3S/c1-22(2)9-8-10-23(3)27-15-16-28-26-14-13-24-21-25(17-19-32(24,4)29(26)18-20-33(27,28)5)35-39(37,38)31-12-7-6-11-30(31)34-36/h6-7,11-13,22-23,25-29,35H,8-10,14-21H2,1-5H3/t23?,25-,26?,27+,28?,29?,32-,33+/m0/s1. The van der Waals surface area contributed by atoms with Crippen LogP contribution in [-0.4, -0.2) is 14.5 Å². The summed E-state index contributed by atoms with van der Waals surface area (Å²) in [6.45, 7) is 12.4. The van der Waals surface area contributed by atoms with Crippen LogP contribution >= 0.6 is 0 Å². The average Bonchev–Trinajstić information content (AvgIpc) is 3.25. The van der Waals surface area contributed by atoms with Gasteiger partial charge < -0.3 is 0 Å². The number of allylic oxidation sites excluding steroid dienone is 1. The number of sulfonamides is 1. The summed E-state index contributed by atoms with van der Waals surface area (Å²) in [5.74, 6) is 4.79. The molecule has 216 valence electrons. The molecule has 4 aliphatic rings. The highest BCUT2D eigenvalue weighted by Crippen LogP contribution is 2.67. The molecule has 1 aromatic carbocycles. The zero-order chi connectivity index (χ0) is 28.0. The predicted octanol–water partition coefficient (Wildman–Crippen LogP) is 8.77. The van der Waals surface area contributed by atoms with E-state index in [-0.39, 0.29) is 22.0 Å². The Bertz CT molecular complexity index is 1190. The Kier molecular flexibility index (Phi) is 8.20. The van der Waals surface area contributed by atoms with Gasteiger partial charge in [0, 0.05) is 6.04 Å². The second-order valence-electron chi connectivity index (χ2n) is 14.4. The lowest BCUT2D eigenvalue weighted by atomic mass is 9.47. The number of rotatable bonds is 9. The molecule has 0 aliphatic heterocycles. The summed E-state index contributed by atoms with van der Waals surface area (Å²) in [5.41, 5.74) is 2.09. The molecule has 5 nitrogen and oxygen atoms in total. The molecule has 4 unspecified atom stereocenters. The molecule has 3 fully saturated rings. The van der Waals surface area contributed by atoms with Crippen molar-refractivity contribution in [1.82, 2.24) is 4.72 Å². The lowest BCUT2D eigenvalue weighted by Gasteiger charge is -2.58. The van der Waals surface area contributed by atoms with Gasteiger partial charge in [0.2, 0.25) is 10.0 Å². The van der Waals surface area contributed by atoms with Crippen LogP contribution in [0.15, 0.2) is 46.0 Å². The molecule has 5 rings (SSSR count). The maximum Gasteiger partial charge on any atom is 0.243 e. The summed E-state index contributed by atoms with van der Waals surface area (Å²) in [6.07, 6.45) is 15.9. The summed E-state index contributed by atoms with van der Waals surface area (Å²) in [6, 6.07) is 6.07. The van der Waals surface area contributed by atoms with Crippen molar-refractivity contribution in [3.8, 4) is 0 Å². The van der Waals surface area contributed by atoms with Crippen LogP contribution in [-0.2, 0) is 10.0 Å². The van der Waals surface area contributed by atoms with Crippen LogP contribution in [0.5, 0.6) is 0 Å². The number of hydrogen-bond acceptors (Lipinski definition) is 4. The van der Waals surface area contributed by atoms with E-state index in [1.807, 2.05) is 0 Å². The minimum absolute atomic E-state index is 0.0215. The Morgan fingerprint density at radius 2 is 1.77 bits per heavy atom. The van der Waals surface area contributed by atoms with Gasteiger partial charge in [0.25, 0.3) is 0 Å². The molecular weight excluding hydrogens is 504 g/mol. The third-order valence-electron chi connectivity index (χ3n) is 11.9. The van der Waals surface area contributed by atoms with Crippen LogP contribution in [0.25, 0.3) is 0 Å². The van der Waals surface area contributed by atoms with Gasteiger partial charge >= 0.3 is 0 Å². The van der Waals surface area contributed by atoms with Crippen molar-refractivity contribution < 1.29 is 8.42 Å². The van der Waals surface area contributed by atoms with Crippen LogP contribution in [0, 0.1) is 51.2 Å². The number of fused-ring (bicyclic) bond motifs is 5. The van der Waals surface area contributed by atoms with E-state index in [1.54, 1.807) is 12.1 Å². The van der Waals surface area contributed by atoms with Gasteiger partial charge in [-0.2, -0.15) is 0 Å². The van der Waals surface area contributed by atoms with E-state index in [4.69, 9.17) is 0 Å². The van der Waals surface area contributed by atoms with Crippen LogP contribution in [0.4, 0.5) is 5.69 Å². The highest BCUT2D eigenvalue weighted by Gasteiger charge is 2.59. The van der Waals surface area contributed by atoms with Gasteiger partial charge in [0.05, 0.1) is 0 Å². The zero-order valence-electron chi connectivity index (χ0n) is 24.8. The summed E-state index contributed by atoms with van der Waals surface area (Å²) in [4.78, 5) is 11.2. The topological polar surface area (TPSA) is 75.6 Å². The number of benzene rings is 1. The molecular formula is C33H50N2O3S. The Balaban J connectivity index is 1.28. The number of nitrogens with zero attached hydrogens (tertiary/aromatic N) is 1. The van der Waals surface area contributed by atoms with Crippen molar-refractivity contribution in [3.63, 3.8) is 0 Å². The predicted molar refractivity (Wildman–Crippen MR) is 159 cm³/mol. The molecule has 0 spiro atoms. The van der Waals surface area contributed by atoms with Crippen molar-refractivity contribution in [1.29, 1.82) is 0 Å². The van der Waals surface area contributed by atoms with E-state index in [0.29, 0.717) is 11.3 Å². The van der Waals surface area contributed by atoms with Crippen molar-refractivity contribution >= 4 is 15.7 Å². The Labute approximate surface area is 237 Å². The van der Waals surface area contributed by atoms with Crippen LogP contribution in [0.3, 0.4) is 0 Å².